The van der Waals surface area contributed by atoms with Crippen LogP contribution in [0, 0.1) is 0 Å². The van der Waals surface area contributed by atoms with Crippen LogP contribution in [0.2, 0.25) is 0 Å². The van der Waals surface area contributed by atoms with Crippen LogP contribution in [0.4, 0.5) is 9.59 Å². The molecular weight excluding hydrogens is 514 g/mol. The van der Waals surface area contributed by atoms with Gasteiger partial charge >= 0.3 is 18.2 Å². The van der Waals surface area contributed by atoms with Crippen molar-refractivity contribution < 1.29 is 33.4 Å². The molecule has 228 valence electrons. The number of rotatable bonds is 12. The van der Waals surface area contributed by atoms with E-state index in [-0.39, 0.29) is 5.91 Å². The van der Waals surface area contributed by atoms with Crippen molar-refractivity contribution in [3.63, 3.8) is 0 Å². The lowest BCUT2D eigenvalue weighted by atomic mass is 10.1. The van der Waals surface area contributed by atoms with Crippen LogP contribution < -0.4 is 10.6 Å². The SMILES string of the molecule is CC(C)=CCC/C(C)=C/OC(=O)[C@@H]1CCCN1C(=O)[C@H](CCCCNC(=O)OC(C)(C)C)NC(=O)OC(C)(C)C. The van der Waals surface area contributed by atoms with Crippen molar-refractivity contribution in [2.45, 2.75) is 131 Å². The third-order valence-corrected chi connectivity index (χ3v) is 5.85. The maximum atomic E-state index is 13.6. The van der Waals surface area contributed by atoms with Gasteiger partial charge in [-0.05, 0) is 113 Å². The van der Waals surface area contributed by atoms with Gasteiger partial charge in [-0.3, -0.25) is 4.79 Å². The van der Waals surface area contributed by atoms with E-state index in [4.69, 9.17) is 14.2 Å². The molecule has 40 heavy (non-hydrogen) atoms. The smallest absolute Gasteiger partial charge is 0.408 e. The maximum Gasteiger partial charge on any atom is 0.408 e. The van der Waals surface area contributed by atoms with Gasteiger partial charge in [-0.25, -0.2) is 14.4 Å². The number of amides is 3. The van der Waals surface area contributed by atoms with Crippen LogP contribution >= 0.6 is 0 Å². The van der Waals surface area contributed by atoms with Crippen molar-refractivity contribution in [1.29, 1.82) is 0 Å². The molecule has 2 atom stereocenters. The van der Waals surface area contributed by atoms with Crippen LogP contribution in [0.1, 0.15) is 107 Å². The van der Waals surface area contributed by atoms with Gasteiger partial charge in [0.2, 0.25) is 5.91 Å². The molecule has 0 aromatic carbocycles. The van der Waals surface area contributed by atoms with Crippen molar-refractivity contribution in [1.82, 2.24) is 15.5 Å². The molecule has 3 amide bonds. The number of esters is 1. The number of alkyl carbamates (subject to hydrolysis) is 2. The van der Waals surface area contributed by atoms with Gasteiger partial charge in [-0.2, -0.15) is 0 Å². The number of hydrogen-bond acceptors (Lipinski definition) is 7. The normalized spacial score (nSPS) is 16.6. The molecule has 1 fully saturated rings. The summed E-state index contributed by atoms with van der Waals surface area (Å²) in [5, 5.41) is 5.38. The minimum atomic E-state index is -0.883. The van der Waals surface area contributed by atoms with Crippen molar-refractivity contribution in [3.8, 4) is 0 Å². The minimum absolute atomic E-state index is 0.315. The third kappa shape index (κ3) is 14.9. The van der Waals surface area contributed by atoms with Crippen LogP contribution in [0.3, 0.4) is 0 Å². The lowest BCUT2D eigenvalue weighted by Crippen LogP contribution is -2.52. The highest BCUT2D eigenvalue weighted by atomic mass is 16.6. The molecule has 1 aliphatic rings. The summed E-state index contributed by atoms with van der Waals surface area (Å²) in [4.78, 5) is 52.4. The molecule has 1 saturated heterocycles. The molecule has 0 aromatic heterocycles. The summed E-state index contributed by atoms with van der Waals surface area (Å²) < 4.78 is 16.1. The first-order valence-electron chi connectivity index (χ1n) is 14.2. The van der Waals surface area contributed by atoms with Gasteiger partial charge in [0.25, 0.3) is 0 Å². The van der Waals surface area contributed by atoms with Crippen molar-refractivity contribution in [2.75, 3.05) is 13.1 Å². The monoisotopic (exact) mass is 565 g/mol. The fraction of sp³-hybridized carbons (Fsp3) is 0.733. The Kier molecular flexibility index (Phi) is 14.2. The zero-order valence-electron chi connectivity index (χ0n) is 26.0. The Balaban J connectivity index is 2.82. The summed E-state index contributed by atoms with van der Waals surface area (Å²) in [6.07, 6.45) is 6.60. The number of allylic oxidation sites excluding steroid dienone is 3. The van der Waals surface area contributed by atoms with E-state index in [1.165, 1.54) is 16.7 Å². The van der Waals surface area contributed by atoms with E-state index in [2.05, 4.69) is 16.7 Å². The molecule has 0 aliphatic carbocycles. The molecule has 0 unspecified atom stereocenters. The quantitative estimate of drug-likeness (QED) is 0.101. The van der Waals surface area contributed by atoms with Gasteiger partial charge in [0.15, 0.2) is 0 Å². The van der Waals surface area contributed by atoms with Crippen molar-refractivity contribution >= 4 is 24.1 Å². The third-order valence-electron chi connectivity index (χ3n) is 5.85. The number of nitrogens with zero attached hydrogens (tertiary/aromatic N) is 1. The number of carbonyl (C=O) groups is 4. The molecule has 0 saturated carbocycles. The molecule has 10 heteroatoms. The molecular formula is C30H51N3O7. The minimum Gasteiger partial charge on any atom is -0.444 e. The van der Waals surface area contributed by atoms with E-state index < -0.39 is 41.4 Å². The molecule has 1 rings (SSSR count). The Morgan fingerprint density at radius 2 is 1.57 bits per heavy atom. The van der Waals surface area contributed by atoms with Crippen molar-refractivity contribution in [3.05, 3.63) is 23.5 Å². The molecule has 1 heterocycles. The molecule has 1 aliphatic heterocycles. The first-order valence-corrected chi connectivity index (χ1v) is 14.2. The zero-order chi connectivity index (χ0) is 30.5. The summed E-state index contributed by atoms with van der Waals surface area (Å²) >= 11 is 0. The Morgan fingerprint density at radius 3 is 2.17 bits per heavy atom. The molecule has 0 spiro atoms. The van der Waals surface area contributed by atoms with E-state index in [9.17, 15) is 19.2 Å². The number of hydrogen-bond donors (Lipinski definition) is 2. The Bertz CT molecular complexity index is 925. The van der Waals surface area contributed by atoms with Crippen LogP contribution in [-0.2, 0) is 23.8 Å². The number of likely N-dealkylation sites (tertiary alicyclic amines) is 1. The lowest BCUT2D eigenvalue weighted by Gasteiger charge is -2.29. The van der Waals surface area contributed by atoms with E-state index in [1.807, 2.05) is 20.8 Å². The van der Waals surface area contributed by atoms with Crippen LogP contribution in [0.25, 0.3) is 0 Å². The second kappa shape index (κ2) is 16.3. The van der Waals surface area contributed by atoms with E-state index >= 15 is 0 Å². The van der Waals surface area contributed by atoms with Crippen LogP contribution in [-0.4, -0.2) is 65.3 Å². The van der Waals surface area contributed by atoms with Gasteiger partial charge < -0.3 is 29.7 Å². The average Bonchev–Trinajstić information content (AvgIpc) is 3.28. The first-order chi connectivity index (χ1) is 18.5. The first kappa shape index (κ1) is 35.0. The molecule has 0 bridgehead atoms. The number of unbranched alkanes of at least 4 members (excludes halogenated alkanes) is 1. The predicted octanol–water partition coefficient (Wildman–Crippen LogP) is 5.76. The molecule has 0 aromatic rings. The van der Waals surface area contributed by atoms with Crippen LogP contribution in [0.5, 0.6) is 0 Å². The fourth-order valence-corrected chi connectivity index (χ4v) is 4.05. The summed E-state index contributed by atoms with van der Waals surface area (Å²) in [5.41, 5.74) is 0.849. The van der Waals surface area contributed by atoms with E-state index in [0.29, 0.717) is 45.2 Å². The highest BCUT2D eigenvalue weighted by Crippen LogP contribution is 2.22. The standard InChI is InChI=1S/C30H51N3O7/c1-21(2)14-12-15-22(3)20-38-26(35)24-17-13-19-33(24)25(34)23(32-28(37)40-30(7,8)9)16-10-11-18-31-27(36)39-29(4,5)6/h14,20,23-24H,10-13,15-19H2,1-9H3,(H,31,36)(H,32,37)/b22-20+/t23-,24-/m0/s1. The summed E-state index contributed by atoms with van der Waals surface area (Å²) in [7, 11) is 0. The highest BCUT2D eigenvalue weighted by Gasteiger charge is 2.38. The molecule has 10 nitrogen and oxygen atoms in total. The van der Waals surface area contributed by atoms with Gasteiger partial charge in [-0.15, -0.1) is 0 Å². The number of nitrogens with one attached hydrogen (secondary N) is 2. The predicted molar refractivity (Wildman–Crippen MR) is 154 cm³/mol. The largest absolute Gasteiger partial charge is 0.444 e. The number of ether oxygens (including phenoxy) is 3. The Morgan fingerprint density at radius 1 is 0.950 bits per heavy atom. The van der Waals surface area contributed by atoms with Gasteiger partial charge in [0.1, 0.15) is 23.3 Å². The topological polar surface area (TPSA) is 123 Å². The second-order valence-electron chi connectivity index (χ2n) is 12.5. The van der Waals surface area contributed by atoms with Gasteiger partial charge in [0, 0.05) is 13.1 Å². The average molecular weight is 566 g/mol. The fourth-order valence-electron chi connectivity index (χ4n) is 4.05. The lowest BCUT2D eigenvalue weighted by molar-refractivity contribution is -0.149. The zero-order valence-corrected chi connectivity index (χ0v) is 26.0. The highest BCUT2D eigenvalue weighted by molar-refractivity contribution is 5.90. The maximum absolute atomic E-state index is 13.6. The Hall–Kier alpha value is -3.04. The molecule has 0 radical (unpaired) electrons. The summed E-state index contributed by atoms with van der Waals surface area (Å²) in [6.45, 7) is 17.3. The van der Waals surface area contributed by atoms with Gasteiger partial charge in [-0.1, -0.05) is 11.6 Å². The van der Waals surface area contributed by atoms with Crippen molar-refractivity contribution in [2.24, 2.45) is 0 Å². The second-order valence-corrected chi connectivity index (χ2v) is 12.5. The van der Waals surface area contributed by atoms with E-state index in [1.54, 1.807) is 41.5 Å². The summed E-state index contributed by atoms with van der Waals surface area (Å²) in [5.74, 6) is -0.834. The molecule has 2 N–H and O–H groups in total. The Labute approximate surface area is 240 Å². The summed E-state index contributed by atoms with van der Waals surface area (Å²) in [6, 6.07) is -1.60. The van der Waals surface area contributed by atoms with Gasteiger partial charge in [0.05, 0.1) is 6.26 Å². The van der Waals surface area contributed by atoms with Crippen LogP contribution in [0.15, 0.2) is 23.5 Å². The van der Waals surface area contributed by atoms with E-state index in [0.717, 1.165) is 18.4 Å². The number of carbonyl (C=O) groups excluding carboxylic acids is 4.